The monoisotopic (exact) mass is 534 g/mol. The van der Waals surface area contributed by atoms with Crippen LogP contribution in [0.2, 0.25) is 0 Å². The molecular weight excluding hydrogens is 512 g/mol. The summed E-state index contributed by atoms with van der Waals surface area (Å²) in [5.41, 5.74) is 16.4. The molecule has 1 aromatic heterocycles. The average molecular weight is 535 g/mol. The Morgan fingerprint density at radius 1 is 1.14 bits per heavy atom. The SMILES string of the molecule is C[n+]1cccc(-c2ccc(N=C(N)[NH+]=C(N)N)cc2C#CC2=CO[C@H](S(=O)(=O)[O-])[C@H](S(=O)(=O)[O-])C2)c1. The van der Waals surface area contributed by atoms with Gasteiger partial charge in [0.1, 0.15) is 38.2 Å². The van der Waals surface area contributed by atoms with E-state index in [9.17, 15) is 25.9 Å². The lowest BCUT2D eigenvalue weighted by atomic mass is 10.00. The maximum absolute atomic E-state index is 11.6. The molecule has 36 heavy (non-hydrogen) atoms. The molecule has 2 aromatic rings. The van der Waals surface area contributed by atoms with Gasteiger partial charge in [0, 0.05) is 34.8 Å². The van der Waals surface area contributed by atoms with Crippen LogP contribution in [0.15, 0.2) is 59.6 Å². The van der Waals surface area contributed by atoms with Crippen molar-refractivity contribution in [2.24, 2.45) is 29.2 Å². The van der Waals surface area contributed by atoms with Gasteiger partial charge >= 0.3 is 5.96 Å². The second-order valence-electron chi connectivity index (χ2n) is 7.69. The molecule has 1 aliphatic heterocycles. The van der Waals surface area contributed by atoms with E-state index < -0.39 is 37.3 Å². The van der Waals surface area contributed by atoms with Gasteiger partial charge in [0.25, 0.3) is 5.96 Å². The number of pyridine rings is 1. The van der Waals surface area contributed by atoms with Crippen LogP contribution in [0.4, 0.5) is 5.69 Å². The molecule has 13 nitrogen and oxygen atoms in total. The molecule has 0 saturated heterocycles. The second kappa shape index (κ2) is 10.3. The van der Waals surface area contributed by atoms with E-state index in [0.29, 0.717) is 16.8 Å². The van der Waals surface area contributed by atoms with E-state index in [1.165, 1.54) is 0 Å². The minimum absolute atomic E-state index is 0.00415. The number of ether oxygens (including phenoxy) is 1. The van der Waals surface area contributed by atoms with Crippen molar-refractivity contribution < 1.29 is 40.2 Å². The lowest BCUT2D eigenvalue weighted by molar-refractivity contribution is -0.671. The molecule has 0 fully saturated rings. The number of hydrogen-bond acceptors (Lipinski definition) is 8. The third kappa shape index (κ3) is 6.79. The fourth-order valence-corrected chi connectivity index (χ4v) is 5.53. The highest BCUT2D eigenvalue weighted by Crippen LogP contribution is 2.28. The number of nitrogens with one attached hydrogen (secondary N) is 1. The molecule has 2 heterocycles. The highest BCUT2D eigenvalue weighted by Gasteiger charge is 2.37. The number of allylic oxidation sites excluding steroid dienone is 1. The van der Waals surface area contributed by atoms with Gasteiger partial charge in [0.2, 0.25) is 5.44 Å². The zero-order valence-electron chi connectivity index (χ0n) is 18.8. The Bertz CT molecular complexity index is 1550. The maximum Gasteiger partial charge on any atom is 0.316 e. The van der Waals surface area contributed by atoms with Crippen molar-refractivity contribution in [3.8, 4) is 23.0 Å². The van der Waals surface area contributed by atoms with Gasteiger partial charge in [-0.2, -0.15) is 0 Å². The van der Waals surface area contributed by atoms with Crippen LogP contribution in [0.3, 0.4) is 0 Å². The lowest BCUT2D eigenvalue weighted by Crippen LogP contribution is -2.84. The molecule has 3 rings (SSSR count). The normalized spacial score (nSPS) is 18.3. The fraction of sp³-hybridized carbons (Fsp3) is 0.190. The van der Waals surface area contributed by atoms with Gasteiger partial charge in [-0.25, -0.2) is 26.4 Å². The van der Waals surface area contributed by atoms with Gasteiger partial charge in [-0.3, -0.25) is 0 Å². The number of nitrogens with two attached hydrogens (primary N) is 3. The van der Waals surface area contributed by atoms with Gasteiger partial charge < -0.3 is 31.0 Å². The summed E-state index contributed by atoms with van der Waals surface area (Å²) in [4.78, 5) is 6.61. The zero-order valence-corrected chi connectivity index (χ0v) is 20.4. The van der Waals surface area contributed by atoms with Crippen LogP contribution in [0, 0.1) is 11.8 Å². The number of rotatable bonds is 4. The molecule has 190 valence electrons. The Labute approximate surface area is 207 Å². The summed E-state index contributed by atoms with van der Waals surface area (Å²) in [6, 6.07) is 8.66. The number of hydrogen-bond donors (Lipinski definition) is 4. The molecule has 0 aliphatic carbocycles. The summed E-state index contributed by atoms with van der Waals surface area (Å²) in [6.45, 7) is 0. The summed E-state index contributed by atoms with van der Waals surface area (Å²) in [6.07, 6.45) is 3.93. The maximum atomic E-state index is 11.6. The van der Waals surface area contributed by atoms with Gasteiger partial charge in [-0.1, -0.05) is 11.8 Å². The van der Waals surface area contributed by atoms with E-state index in [2.05, 4.69) is 21.8 Å². The van der Waals surface area contributed by atoms with Gasteiger partial charge in [-0.15, -0.1) is 4.99 Å². The first kappa shape index (κ1) is 26.6. The van der Waals surface area contributed by atoms with E-state index in [0.717, 1.165) is 11.8 Å². The quantitative estimate of drug-likeness (QED) is 0.101. The van der Waals surface area contributed by atoms with Crippen molar-refractivity contribution in [3.05, 3.63) is 60.1 Å². The molecular formula is C21H22N6O7S2. The molecule has 7 N–H and O–H groups in total. The smallest absolute Gasteiger partial charge is 0.316 e. The van der Waals surface area contributed by atoms with Gasteiger partial charge in [-0.05, 0) is 24.3 Å². The number of aliphatic imine (C=N–C) groups is 1. The standard InChI is InChI=1S/C21H22N6O7S2/c1-27-8-2-3-15(11-27)17-7-6-16(25-21(24)26-20(22)23)10-14(17)5-4-13-9-18(35(28,29)30)19(34-12-13)36(31,32)33/h2-3,6-8,10-12,18-19H,9H2,1H3,(H7-,22,23,24,25,26,28,29,30,31,32,33)/t18-,19-/m1/s1. The Balaban J connectivity index is 2.09. The third-order valence-electron chi connectivity index (χ3n) is 4.86. The second-order valence-corrected chi connectivity index (χ2v) is 10.7. The molecule has 0 radical (unpaired) electrons. The van der Waals surface area contributed by atoms with Crippen LogP contribution in [0.1, 0.15) is 12.0 Å². The van der Waals surface area contributed by atoms with Crippen LogP contribution in [0.25, 0.3) is 11.1 Å². The van der Waals surface area contributed by atoms with Crippen molar-refractivity contribution in [1.82, 2.24) is 0 Å². The summed E-state index contributed by atoms with van der Waals surface area (Å²) in [7, 11) is -8.57. The number of benzene rings is 1. The van der Waals surface area contributed by atoms with E-state index in [1.54, 1.807) is 18.2 Å². The molecule has 0 bridgehead atoms. The predicted octanol–water partition coefficient (Wildman–Crippen LogP) is -3.08. The molecule has 0 spiro atoms. The summed E-state index contributed by atoms with van der Waals surface area (Å²) in [5, 5.41) is -2.14. The van der Waals surface area contributed by atoms with Crippen molar-refractivity contribution in [2.75, 3.05) is 0 Å². The molecule has 0 unspecified atom stereocenters. The summed E-state index contributed by atoms with van der Waals surface area (Å²) in [5.74, 6) is 5.32. The number of aryl methyl sites for hydroxylation is 1. The molecule has 1 aliphatic rings. The Morgan fingerprint density at radius 3 is 2.47 bits per heavy atom. The van der Waals surface area contributed by atoms with E-state index >= 15 is 0 Å². The van der Waals surface area contributed by atoms with Crippen molar-refractivity contribution >= 4 is 37.8 Å². The zero-order chi connectivity index (χ0) is 26.7. The minimum atomic E-state index is -5.22. The molecule has 0 saturated carbocycles. The minimum Gasteiger partial charge on any atom is -0.748 e. The number of aromatic nitrogens is 1. The molecule has 1 aromatic carbocycles. The molecule has 0 amide bonds. The van der Waals surface area contributed by atoms with Crippen LogP contribution >= 0.6 is 0 Å². The van der Waals surface area contributed by atoms with Crippen LogP contribution in [0.5, 0.6) is 0 Å². The van der Waals surface area contributed by atoms with Crippen LogP contribution in [-0.2, 0) is 32.0 Å². The van der Waals surface area contributed by atoms with Crippen molar-refractivity contribution in [3.63, 3.8) is 0 Å². The first-order chi connectivity index (χ1) is 16.7. The third-order valence-corrected chi connectivity index (χ3v) is 7.19. The summed E-state index contributed by atoms with van der Waals surface area (Å²) >= 11 is 0. The molecule has 15 heteroatoms. The predicted molar refractivity (Wildman–Crippen MR) is 126 cm³/mol. The fourth-order valence-electron chi connectivity index (χ4n) is 3.34. The van der Waals surface area contributed by atoms with E-state index in [4.69, 9.17) is 21.9 Å². The largest absolute Gasteiger partial charge is 0.748 e. The van der Waals surface area contributed by atoms with Crippen molar-refractivity contribution in [2.45, 2.75) is 17.1 Å². The Morgan fingerprint density at radius 2 is 1.86 bits per heavy atom. The highest BCUT2D eigenvalue weighted by atomic mass is 32.2. The Hall–Kier alpha value is -3.97. The van der Waals surface area contributed by atoms with Crippen LogP contribution in [-0.4, -0.2) is 48.5 Å². The first-order valence-corrected chi connectivity index (χ1v) is 13.0. The van der Waals surface area contributed by atoms with Crippen LogP contribution < -0.4 is 26.8 Å². The first-order valence-electron chi connectivity index (χ1n) is 10.1. The van der Waals surface area contributed by atoms with Gasteiger partial charge in [0.05, 0.1) is 6.26 Å². The number of guanidine groups is 2. The average Bonchev–Trinajstić information content (AvgIpc) is 2.76. The summed E-state index contributed by atoms with van der Waals surface area (Å²) < 4.78 is 75.5. The van der Waals surface area contributed by atoms with E-state index in [1.807, 2.05) is 36.1 Å². The lowest BCUT2D eigenvalue weighted by Gasteiger charge is -2.33. The van der Waals surface area contributed by atoms with Crippen molar-refractivity contribution in [1.29, 1.82) is 0 Å². The van der Waals surface area contributed by atoms with Gasteiger partial charge in [0.15, 0.2) is 12.4 Å². The van der Waals surface area contributed by atoms with E-state index in [-0.39, 0.29) is 17.5 Å². The topological polar surface area (TPSA) is 232 Å². The molecule has 2 atom stereocenters. The highest BCUT2D eigenvalue weighted by molar-refractivity contribution is 7.90. The number of nitrogens with zero attached hydrogens (tertiary/aromatic N) is 2. The Kier molecular flexibility index (Phi) is 7.65.